The van der Waals surface area contributed by atoms with Gasteiger partial charge in [0.15, 0.2) is 11.6 Å². The zero-order chi connectivity index (χ0) is 15.7. The van der Waals surface area contributed by atoms with Gasteiger partial charge >= 0.3 is 0 Å². The number of rotatable bonds is 9. The molecule has 1 amide bonds. The standard InChI is InChI=1S/C15H23FN2O3.ClH/c1-3-11(21-14-7-5-4-6-13(14)16)10-18-15(19)8-12(9-17)20-2;/h4-7,11-12H,3,8-10,17H2,1-2H3,(H,18,19);1H. The molecule has 1 aromatic rings. The summed E-state index contributed by atoms with van der Waals surface area (Å²) >= 11 is 0. The summed E-state index contributed by atoms with van der Waals surface area (Å²) in [4.78, 5) is 11.7. The van der Waals surface area contributed by atoms with Gasteiger partial charge < -0.3 is 20.5 Å². The maximum atomic E-state index is 13.5. The van der Waals surface area contributed by atoms with Gasteiger partial charge in [-0.05, 0) is 18.6 Å². The van der Waals surface area contributed by atoms with Crippen LogP contribution in [0.2, 0.25) is 0 Å². The lowest BCUT2D eigenvalue weighted by Crippen LogP contribution is -2.38. The SMILES string of the molecule is CCC(CNC(=O)CC(CN)OC)Oc1ccccc1F.Cl. The van der Waals surface area contributed by atoms with E-state index in [-0.39, 0.29) is 49.2 Å². The van der Waals surface area contributed by atoms with Crippen LogP contribution in [0, 0.1) is 5.82 Å². The lowest BCUT2D eigenvalue weighted by atomic mass is 10.2. The number of hydrogen-bond acceptors (Lipinski definition) is 4. The average molecular weight is 335 g/mol. The highest BCUT2D eigenvalue weighted by Crippen LogP contribution is 2.17. The van der Waals surface area contributed by atoms with Crippen LogP contribution < -0.4 is 15.8 Å². The first kappa shape index (κ1) is 20.6. The fourth-order valence-electron chi connectivity index (χ4n) is 1.76. The van der Waals surface area contributed by atoms with Crippen LogP contribution in [0.3, 0.4) is 0 Å². The van der Waals surface area contributed by atoms with E-state index in [1.54, 1.807) is 18.2 Å². The van der Waals surface area contributed by atoms with E-state index in [4.69, 9.17) is 15.2 Å². The predicted octanol–water partition coefficient (Wildman–Crippen LogP) is 1.88. The third kappa shape index (κ3) is 7.06. The van der Waals surface area contributed by atoms with Crippen molar-refractivity contribution in [3.8, 4) is 5.75 Å². The summed E-state index contributed by atoms with van der Waals surface area (Å²) in [7, 11) is 1.51. The summed E-state index contributed by atoms with van der Waals surface area (Å²) < 4.78 is 24.1. The number of amides is 1. The molecule has 3 N–H and O–H groups in total. The second-order valence-electron chi connectivity index (χ2n) is 4.68. The van der Waals surface area contributed by atoms with Crippen LogP contribution in [-0.4, -0.2) is 38.3 Å². The number of methoxy groups -OCH3 is 1. The summed E-state index contributed by atoms with van der Waals surface area (Å²) in [5.41, 5.74) is 5.46. The third-order valence-corrected chi connectivity index (χ3v) is 3.12. The van der Waals surface area contributed by atoms with Gasteiger partial charge in [0, 0.05) is 13.7 Å². The van der Waals surface area contributed by atoms with Crippen LogP contribution in [0.4, 0.5) is 4.39 Å². The summed E-state index contributed by atoms with van der Waals surface area (Å²) in [5, 5.41) is 2.75. The lowest BCUT2D eigenvalue weighted by molar-refractivity contribution is -0.123. The summed E-state index contributed by atoms with van der Waals surface area (Å²) in [6, 6.07) is 6.21. The second-order valence-corrected chi connectivity index (χ2v) is 4.68. The van der Waals surface area contributed by atoms with Crippen molar-refractivity contribution in [2.24, 2.45) is 5.73 Å². The fourth-order valence-corrected chi connectivity index (χ4v) is 1.76. The molecule has 1 rings (SSSR count). The van der Waals surface area contributed by atoms with E-state index in [0.717, 1.165) is 0 Å². The van der Waals surface area contributed by atoms with Gasteiger partial charge in [-0.25, -0.2) is 4.39 Å². The van der Waals surface area contributed by atoms with Crippen LogP contribution in [-0.2, 0) is 9.53 Å². The Balaban J connectivity index is 0.00000441. The molecule has 0 radical (unpaired) electrons. The zero-order valence-electron chi connectivity index (χ0n) is 12.9. The van der Waals surface area contributed by atoms with Crippen molar-refractivity contribution < 1.29 is 18.7 Å². The first-order valence-electron chi connectivity index (χ1n) is 7.01. The molecule has 0 fully saturated rings. The Morgan fingerprint density at radius 3 is 2.59 bits per heavy atom. The van der Waals surface area contributed by atoms with E-state index in [9.17, 15) is 9.18 Å². The number of hydrogen-bond donors (Lipinski definition) is 2. The van der Waals surface area contributed by atoms with Crippen LogP contribution >= 0.6 is 12.4 Å². The normalized spacial score (nSPS) is 12.9. The molecular weight excluding hydrogens is 311 g/mol. The Morgan fingerprint density at radius 2 is 2.05 bits per heavy atom. The average Bonchev–Trinajstić information content (AvgIpc) is 2.50. The van der Waals surface area contributed by atoms with Crippen molar-refractivity contribution in [2.45, 2.75) is 32.0 Å². The quantitative estimate of drug-likeness (QED) is 0.723. The Morgan fingerprint density at radius 1 is 1.36 bits per heavy atom. The topological polar surface area (TPSA) is 73.6 Å². The van der Waals surface area contributed by atoms with Crippen molar-refractivity contribution in [2.75, 3.05) is 20.2 Å². The highest BCUT2D eigenvalue weighted by Gasteiger charge is 2.15. The minimum Gasteiger partial charge on any atom is -0.486 e. The summed E-state index contributed by atoms with van der Waals surface area (Å²) in [6.07, 6.45) is 0.268. The van der Waals surface area contributed by atoms with Gasteiger partial charge in [-0.3, -0.25) is 4.79 Å². The lowest BCUT2D eigenvalue weighted by Gasteiger charge is -2.19. The number of ether oxygens (including phenoxy) is 2. The van der Waals surface area contributed by atoms with Crippen LogP contribution in [0.1, 0.15) is 19.8 Å². The monoisotopic (exact) mass is 334 g/mol. The van der Waals surface area contributed by atoms with Crippen LogP contribution in [0.5, 0.6) is 5.75 Å². The van der Waals surface area contributed by atoms with E-state index < -0.39 is 5.82 Å². The zero-order valence-corrected chi connectivity index (χ0v) is 13.7. The number of nitrogens with two attached hydrogens (primary N) is 1. The van der Waals surface area contributed by atoms with Gasteiger partial charge in [0.1, 0.15) is 6.10 Å². The number of halogens is 2. The van der Waals surface area contributed by atoms with Crippen LogP contribution in [0.15, 0.2) is 24.3 Å². The molecule has 126 valence electrons. The largest absolute Gasteiger partial charge is 0.486 e. The predicted molar refractivity (Wildman–Crippen MR) is 85.8 cm³/mol. The van der Waals surface area contributed by atoms with Crippen molar-refractivity contribution in [3.63, 3.8) is 0 Å². The van der Waals surface area contributed by atoms with Crippen LogP contribution in [0.25, 0.3) is 0 Å². The first-order chi connectivity index (χ1) is 10.1. The molecule has 0 aromatic heterocycles. The van der Waals surface area contributed by atoms with Crippen molar-refractivity contribution in [1.29, 1.82) is 0 Å². The molecule has 1 aromatic carbocycles. The van der Waals surface area contributed by atoms with Crippen molar-refractivity contribution in [1.82, 2.24) is 5.32 Å². The number of nitrogens with one attached hydrogen (secondary N) is 1. The molecule has 0 heterocycles. The first-order valence-corrected chi connectivity index (χ1v) is 7.01. The molecule has 5 nitrogen and oxygen atoms in total. The molecule has 2 atom stereocenters. The van der Waals surface area contributed by atoms with Crippen molar-refractivity contribution >= 4 is 18.3 Å². The fraction of sp³-hybridized carbons (Fsp3) is 0.533. The number of benzene rings is 1. The molecular formula is C15H24ClFN2O3. The summed E-state index contributed by atoms with van der Waals surface area (Å²) in [5.74, 6) is -0.386. The molecule has 0 bridgehead atoms. The van der Waals surface area contributed by atoms with Gasteiger partial charge in [-0.2, -0.15) is 0 Å². The number of carbonyl (C=O) groups excluding carboxylic acids is 1. The molecule has 22 heavy (non-hydrogen) atoms. The Kier molecular flexibility index (Phi) is 10.5. The molecule has 0 aliphatic carbocycles. The Labute approximate surface area is 136 Å². The van der Waals surface area contributed by atoms with E-state index in [2.05, 4.69) is 5.32 Å². The van der Waals surface area contributed by atoms with Gasteiger partial charge in [-0.1, -0.05) is 19.1 Å². The van der Waals surface area contributed by atoms with E-state index >= 15 is 0 Å². The molecule has 7 heteroatoms. The Bertz CT molecular complexity index is 445. The third-order valence-electron chi connectivity index (χ3n) is 3.12. The molecule has 0 aliphatic rings. The molecule has 0 saturated heterocycles. The van der Waals surface area contributed by atoms with Gasteiger partial charge in [0.25, 0.3) is 0 Å². The minimum absolute atomic E-state index is 0. The number of para-hydroxylation sites is 1. The Hall–Kier alpha value is -1.37. The number of carbonyl (C=O) groups is 1. The van der Waals surface area contributed by atoms with Gasteiger partial charge in [-0.15, -0.1) is 12.4 Å². The van der Waals surface area contributed by atoms with E-state index in [1.165, 1.54) is 13.2 Å². The molecule has 2 unspecified atom stereocenters. The molecule has 0 aliphatic heterocycles. The summed E-state index contributed by atoms with van der Waals surface area (Å²) in [6.45, 7) is 2.51. The molecule has 0 saturated carbocycles. The highest BCUT2D eigenvalue weighted by molar-refractivity contribution is 5.85. The maximum absolute atomic E-state index is 13.5. The van der Waals surface area contributed by atoms with E-state index in [1.807, 2.05) is 6.92 Å². The van der Waals surface area contributed by atoms with E-state index in [0.29, 0.717) is 13.0 Å². The minimum atomic E-state index is -0.412. The van der Waals surface area contributed by atoms with Crippen molar-refractivity contribution in [3.05, 3.63) is 30.1 Å². The smallest absolute Gasteiger partial charge is 0.222 e. The highest BCUT2D eigenvalue weighted by atomic mass is 35.5. The molecule has 0 spiro atoms. The maximum Gasteiger partial charge on any atom is 0.222 e. The van der Waals surface area contributed by atoms with Gasteiger partial charge in [0.2, 0.25) is 5.91 Å². The second kappa shape index (κ2) is 11.2. The van der Waals surface area contributed by atoms with Gasteiger partial charge in [0.05, 0.1) is 19.1 Å².